The lowest BCUT2D eigenvalue weighted by molar-refractivity contribution is 0.0250. The van der Waals surface area contributed by atoms with Crippen LogP contribution in [-0.4, -0.2) is 48.1 Å². The molecule has 3 nitrogen and oxygen atoms in total. The first kappa shape index (κ1) is 16.5. The molecule has 3 heteroatoms. The Bertz CT molecular complexity index is 392. The summed E-state index contributed by atoms with van der Waals surface area (Å²) in [6, 6.07) is 10.8. The molecule has 21 heavy (non-hydrogen) atoms. The first-order valence-corrected chi connectivity index (χ1v) is 8.45. The molecule has 0 bridgehead atoms. The second-order valence-electron chi connectivity index (χ2n) is 6.28. The van der Waals surface area contributed by atoms with Crippen LogP contribution in [0.2, 0.25) is 0 Å². The van der Waals surface area contributed by atoms with E-state index in [1.54, 1.807) is 0 Å². The molecule has 1 aliphatic rings. The highest BCUT2D eigenvalue weighted by Gasteiger charge is 2.34. The smallest absolute Gasteiger partial charge is 0.0330 e. The van der Waals surface area contributed by atoms with Gasteiger partial charge in [-0.15, -0.1) is 0 Å². The van der Waals surface area contributed by atoms with Gasteiger partial charge in [-0.05, 0) is 18.4 Å². The third-order valence-corrected chi connectivity index (χ3v) is 5.05. The molecule has 2 N–H and O–H groups in total. The van der Waals surface area contributed by atoms with Gasteiger partial charge in [0.05, 0.1) is 0 Å². The molecule has 1 atom stereocenters. The number of benzene rings is 1. The first-order chi connectivity index (χ1) is 10.2. The number of hydrogen-bond donors (Lipinski definition) is 1. The highest BCUT2D eigenvalue weighted by Crippen LogP contribution is 2.26. The molecule has 0 spiro atoms. The van der Waals surface area contributed by atoms with E-state index in [1.165, 1.54) is 18.4 Å². The fourth-order valence-electron chi connectivity index (χ4n) is 3.62. The highest BCUT2D eigenvalue weighted by molar-refractivity contribution is 5.14. The van der Waals surface area contributed by atoms with E-state index < -0.39 is 0 Å². The van der Waals surface area contributed by atoms with Crippen molar-refractivity contribution in [1.82, 2.24) is 9.80 Å². The zero-order valence-corrected chi connectivity index (χ0v) is 13.7. The van der Waals surface area contributed by atoms with Crippen LogP contribution in [0.1, 0.15) is 38.7 Å². The van der Waals surface area contributed by atoms with E-state index in [0.717, 1.165) is 45.7 Å². The van der Waals surface area contributed by atoms with E-state index in [1.807, 2.05) is 0 Å². The van der Waals surface area contributed by atoms with Crippen molar-refractivity contribution in [3.8, 4) is 0 Å². The number of nitrogens with two attached hydrogens (primary N) is 1. The Balaban J connectivity index is 1.90. The fraction of sp³-hybridized carbons (Fsp3) is 0.667. The van der Waals surface area contributed by atoms with E-state index in [-0.39, 0.29) is 5.54 Å². The number of rotatable bonds is 7. The zero-order chi connectivity index (χ0) is 15.1. The van der Waals surface area contributed by atoms with Crippen molar-refractivity contribution < 1.29 is 0 Å². The lowest BCUT2D eigenvalue weighted by Crippen LogP contribution is -2.59. The van der Waals surface area contributed by atoms with Gasteiger partial charge in [-0.1, -0.05) is 50.6 Å². The summed E-state index contributed by atoms with van der Waals surface area (Å²) in [5, 5.41) is 0. The molecule has 1 aromatic carbocycles. The van der Waals surface area contributed by atoms with Gasteiger partial charge in [0.2, 0.25) is 0 Å². The maximum atomic E-state index is 6.14. The number of piperazine rings is 1. The summed E-state index contributed by atoms with van der Waals surface area (Å²) in [4.78, 5) is 5.21. The molecule has 0 amide bonds. The van der Waals surface area contributed by atoms with Gasteiger partial charge in [0.15, 0.2) is 0 Å². The zero-order valence-electron chi connectivity index (χ0n) is 13.7. The standard InChI is InChI=1S/C18H31N3/c1-3-10-18(4-2,16-19)21-13-11-20(12-14-21)15-17-8-6-5-7-9-17/h5-9H,3-4,10-16,19H2,1-2H3. The second-order valence-corrected chi connectivity index (χ2v) is 6.28. The fourth-order valence-corrected chi connectivity index (χ4v) is 3.62. The summed E-state index contributed by atoms with van der Waals surface area (Å²) in [6.45, 7) is 11.0. The molecule has 1 aliphatic heterocycles. The van der Waals surface area contributed by atoms with Gasteiger partial charge in [0.1, 0.15) is 0 Å². The molecule has 0 saturated carbocycles. The van der Waals surface area contributed by atoms with Crippen LogP contribution < -0.4 is 5.73 Å². The molecule has 0 aromatic heterocycles. The molecule has 0 aliphatic carbocycles. The van der Waals surface area contributed by atoms with Crippen LogP contribution in [0.4, 0.5) is 0 Å². The Morgan fingerprint density at radius 3 is 2.24 bits per heavy atom. The van der Waals surface area contributed by atoms with Crippen LogP contribution in [0.3, 0.4) is 0 Å². The normalized spacial score (nSPS) is 20.3. The Morgan fingerprint density at radius 2 is 1.71 bits per heavy atom. The molecule has 2 rings (SSSR count). The van der Waals surface area contributed by atoms with Gasteiger partial charge in [-0.2, -0.15) is 0 Å². The van der Waals surface area contributed by atoms with Crippen molar-refractivity contribution in [1.29, 1.82) is 0 Å². The van der Waals surface area contributed by atoms with Crippen molar-refractivity contribution >= 4 is 0 Å². The topological polar surface area (TPSA) is 32.5 Å². The average molecular weight is 289 g/mol. The van der Waals surface area contributed by atoms with E-state index in [0.29, 0.717) is 0 Å². The second kappa shape index (κ2) is 7.92. The van der Waals surface area contributed by atoms with Crippen molar-refractivity contribution in [2.75, 3.05) is 32.7 Å². The Hall–Kier alpha value is -0.900. The number of nitrogens with zero attached hydrogens (tertiary/aromatic N) is 2. The first-order valence-electron chi connectivity index (χ1n) is 8.45. The molecule has 1 unspecified atom stereocenters. The van der Waals surface area contributed by atoms with Gasteiger partial charge >= 0.3 is 0 Å². The monoisotopic (exact) mass is 289 g/mol. The van der Waals surface area contributed by atoms with E-state index in [2.05, 4.69) is 54.0 Å². The van der Waals surface area contributed by atoms with Crippen molar-refractivity contribution in [3.63, 3.8) is 0 Å². The Labute approximate surface area is 130 Å². The van der Waals surface area contributed by atoms with Crippen LogP contribution >= 0.6 is 0 Å². The predicted molar refractivity (Wildman–Crippen MR) is 90.3 cm³/mol. The lowest BCUT2D eigenvalue weighted by atomic mass is 9.88. The van der Waals surface area contributed by atoms with Crippen LogP contribution in [0.25, 0.3) is 0 Å². The summed E-state index contributed by atoms with van der Waals surface area (Å²) in [6.07, 6.45) is 3.60. The maximum absolute atomic E-state index is 6.14. The lowest BCUT2D eigenvalue weighted by Gasteiger charge is -2.47. The van der Waals surface area contributed by atoms with Gasteiger partial charge in [-0.25, -0.2) is 0 Å². The van der Waals surface area contributed by atoms with Crippen LogP contribution in [0, 0.1) is 0 Å². The molecule has 1 saturated heterocycles. The maximum Gasteiger partial charge on any atom is 0.0330 e. The molecule has 1 heterocycles. The minimum Gasteiger partial charge on any atom is -0.329 e. The summed E-state index contributed by atoms with van der Waals surface area (Å²) < 4.78 is 0. The third kappa shape index (κ3) is 4.06. The van der Waals surface area contributed by atoms with E-state index >= 15 is 0 Å². The van der Waals surface area contributed by atoms with E-state index in [4.69, 9.17) is 5.73 Å². The van der Waals surface area contributed by atoms with Gasteiger partial charge in [0, 0.05) is 44.8 Å². The van der Waals surface area contributed by atoms with Crippen molar-refractivity contribution in [3.05, 3.63) is 35.9 Å². The highest BCUT2D eigenvalue weighted by atomic mass is 15.3. The minimum atomic E-state index is 0.230. The van der Waals surface area contributed by atoms with E-state index in [9.17, 15) is 0 Å². The Morgan fingerprint density at radius 1 is 1.05 bits per heavy atom. The number of hydrogen-bond acceptors (Lipinski definition) is 3. The largest absolute Gasteiger partial charge is 0.329 e. The van der Waals surface area contributed by atoms with Gasteiger partial charge in [0.25, 0.3) is 0 Å². The molecular formula is C18H31N3. The van der Waals surface area contributed by atoms with Crippen molar-refractivity contribution in [2.45, 2.75) is 45.2 Å². The quantitative estimate of drug-likeness (QED) is 0.837. The SMILES string of the molecule is CCCC(CC)(CN)N1CCN(Cc2ccccc2)CC1. The van der Waals surface area contributed by atoms with Crippen LogP contribution in [0.15, 0.2) is 30.3 Å². The summed E-state index contributed by atoms with van der Waals surface area (Å²) in [7, 11) is 0. The molecule has 1 fully saturated rings. The van der Waals surface area contributed by atoms with Crippen LogP contribution in [0.5, 0.6) is 0 Å². The average Bonchev–Trinajstić information content (AvgIpc) is 2.55. The summed E-state index contributed by atoms with van der Waals surface area (Å²) in [5.41, 5.74) is 7.78. The van der Waals surface area contributed by atoms with Gasteiger partial charge < -0.3 is 5.73 Å². The third-order valence-electron chi connectivity index (χ3n) is 5.05. The Kier molecular flexibility index (Phi) is 6.22. The minimum absolute atomic E-state index is 0.230. The molecule has 118 valence electrons. The van der Waals surface area contributed by atoms with Crippen LogP contribution in [-0.2, 0) is 6.54 Å². The predicted octanol–water partition coefficient (Wildman–Crippen LogP) is 2.71. The molecule has 1 aromatic rings. The van der Waals surface area contributed by atoms with Gasteiger partial charge in [-0.3, -0.25) is 9.80 Å². The summed E-state index contributed by atoms with van der Waals surface area (Å²) in [5.74, 6) is 0. The van der Waals surface area contributed by atoms with Crippen molar-refractivity contribution in [2.24, 2.45) is 5.73 Å². The summed E-state index contributed by atoms with van der Waals surface area (Å²) >= 11 is 0. The molecular weight excluding hydrogens is 258 g/mol. The molecule has 0 radical (unpaired) electrons.